The lowest BCUT2D eigenvalue weighted by Gasteiger charge is -2.04. The highest BCUT2D eigenvalue weighted by Crippen LogP contribution is 2.23. The van der Waals surface area contributed by atoms with Crippen LogP contribution in [0.25, 0.3) is 11.3 Å². The molecule has 0 unspecified atom stereocenters. The lowest BCUT2D eigenvalue weighted by atomic mass is 10.1. The number of aromatic nitrogens is 1. The number of hydrogen-bond acceptors (Lipinski definition) is 4. The topological polar surface area (TPSA) is 55.1 Å². The molecule has 4 nitrogen and oxygen atoms in total. The molecular formula is C18H15ClN2O2. The maximum Gasteiger partial charge on any atom is 0.214 e. The van der Waals surface area contributed by atoms with Crippen molar-refractivity contribution in [2.75, 3.05) is 5.32 Å². The highest BCUT2D eigenvalue weighted by atomic mass is 35.5. The lowest BCUT2D eigenvalue weighted by Crippen LogP contribution is -2.00. The largest absolute Gasteiger partial charge is 0.439 e. The number of anilines is 1. The second-order valence-corrected chi connectivity index (χ2v) is 5.55. The van der Waals surface area contributed by atoms with E-state index in [-0.39, 0.29) is 5.78 Å². The van der Waals surface area contributed by atoms with Gasteiger partial charge in [-0.2, -0.15) is 0 Å². The number of rotatable bonds is 5. The fourth-order valence-electron chi connectivity index (χ4n) is 2.17. The smallest absolute Gasteiger partial charge is 0.214 e. The van der Waals surface area contributed by atoms with Gasteiger partial charge in [0.05, 0.1) is 12.7 Å². The minimum Gasteiger partial charge on any atom is -0.439 e. The van der Waals surface area contributed by atoms with Gasteiger partial charge < -0.3 is 9.73 Å². The average Bonchev–Trinajstić information content (AvgIpc) is 3.02. The molecule has 0 atom stereocenters. The summed E-state index contributed by atoms with van der Waals surface area (Å²) in [7, 11) is 0. The number of carbonyl (C=O) groups excluding carboxylic acids is 1. The lowest BCUT2D eigenvalue weighted by molar-refractivity contribution is 0.101. The fourth-order valence-corrected chi connectivity index (χ4v) is 2.36. The molecule has 2 aromatic carbocycles. The van der Waals surface area contributed by atoms with Crippen molar-refractivity contribution in [3.8, 4) is 11.3 Å². The van der Waals surface area contributed by atoms with Crippen LogP contribution in [0.3, 0.4) is 0 Å². The van der Waals surface area contributed by atoms with Crippen LogP contribution in [0.4, 0.5) is 5.69 Å². The van der Waals surface area contributed by atoms with Gasteiger partial charge in [0.15, 0.2) is 11.5 Å². The van der Waals surface area contributed by atoms with E-state index in [0.29, 0.717) is 28.8 Å². The van der Waals surface area contributed by atoms with Gasteiger partial charge in [0.25, 0.3) is 0 Å². The van der Waals surface area contributed by atoms with E-state index in [2.05, 4.69) is 10.3 Å². The first-order valence-corrected chi connectivity index (χ1v) is 7.55. The summed E-state index contributed by atoms with van der Waals surface area (Å²) in [6.45, 7) is 2.01. The summed E-state index contributed by atoms with van der Waals surface area (Å²) in [5, 5.41) is 3.87. The third kappa shape index (κ3) is 3.79. The number of oxazole rings is 1. The summed E-state index contributed by atoms with van der Waals surface area (Å²) in [4.78, 5) is 15.5. The Bertz CT molecular complexity index is 825. The third-order valence-electron chi connectivity index (χ3n) is 3.40. The number of carbonyl (C=O) groups is 1. The van der Waals surface area contributed by atoms with Gasteiger partial charge in [0.1, 0.15) is 0 Å². The van der Waals surface area contributed by atoms with E-state index < -0.39 is 0 Å². The van der Waals surface area contributed by atoms with Gasteiger partial charge in [-0.3, -0.25) is 4.79 Å². The van der Waals surface area contributed by atoms with Crippen LogP contribution in [-0.2, 0) is 6.54 Å². The van der Waals surface area contributed by atoms with E-state index in [0.717, 1.165) is 11.3 Å². The summed E-state index contributed by atoms with van der Waals surface area (Å²) in [5.41, 5.74) is 2.48. The van der Waals surface area contributed by atoms with Gasteiger partial charge in [-0.1, -0.05) is 23.7 Å². The van der Waals surface area contributed by atoms with E-state index in [9.17, 15) is 4.79 Å². The molecule has 0 saturated carbocycles. The van der Waals surface area contributed by atoms with E-state index in [1.54, 1.807) is 25.3 Å². The number of nitrogens with zero attached hydrogens (tertiary/aromatic N) is 1. The molecule has 3 rings (SSSR count). The zero-order valence-electron chi connectivity index (χ0n) is 12.5. The quantitative estimate of drug-likeness (QED) is 0.684. The van der Waals surface area contributed by atoms with Crippen LogP contribution in [0.1, 0.15) is 23.2 Å². The first kappa shape index (κ1) is 15.3. The second kappa shape index (κ2) is 6.67. The van der Waals surface area contributed by atoms with Crippen LogP contribution < -0.4 is 5.32 Å². The Morgan fingerprint density at radius 3 is 2.70 bits per heavy atom. The molecule has 116 valence electrons. The number of ketones is 1. The van der Waals surface area contributed by atoms with Gasteiger partial charge in [-0.25, -0.2) is 4.98 Å². The Morgan fingerprint density at radius 1 is 1.22 bits per heavy atom. The van der Waals surface area contributed by atoms with Crippen LogP contribution >= 0.6 is 11.6 Å². The highest BCUT2D eigenvalue weighted by Gasteiger charge is 2.07. The van der Waals surface area contributed by atoms with Crippen LogP contribution in [0, 0.1) is 0 Å². The van der Waals surface area contributed by atoms with E-state index in [1.165, 1.54) is 0 Å². The maximum atomic E-state index is 11.2. The summed E-state index contributed by atoms with van der Waals surface area (Å²) in [6, 6.07) is 14.7. The first-order chi connectivity index (χ1) is 11.1. The Labute approximate surface area is 139 Å². The van der Waals surface area contributed by atoms with Gasteiger partial charge >= 0.3 is 0 Å². The molecule has 1 heterocycles. The first-order valence-electron chi connectivity index (χ1n) is 7.17. The Morgan fingerprint density at radius 2 is 2.00 bits per heavy atom. The van der Waals surface area contributed by atoms with E-state index in [1.807, 2.05) is 36.4 Å². The maximum absolute atomic E-state index is 11.2. The van der Waals surface area contributed by atoms with Crippen LogP contribution in [0.5, 0.6) is 0 Å². The van der Waals surface area contributed by atoms with Crippen molar-refractivity contribution < 1.29 is 9.21 Å². The molecule has 0 aliphatic heterocycles. The van der Waals surface area contributed by atoms with Crippen molar-refractivity contribution in [2.24, 2.45) is 0 Å². The van der Waals surface area contributed by atoms with Crippen LogP contribution in [-0.4, -0.2) is 10.8 Å². The number of Topliss-reactive ketones (excluding diaryl/α,β-unsaturated/α-hetero) is 1. The van der Waals surface area contributed by atoms with Crippen molar-refractivity contribution in [3.05, 3.63) is 71.2 Å². The predicted molar refractivity (Wildman–Crippen MR) is 90.7 cm³/mol. The zero-order valence-corrected chi connectivity index (χ0v) is 13.3. The normalized spacial score (nSPS) is 10.5. The molecule has 5 heteroatoms. The molecule has 1 aromatic heterocycles. The molecule has 3 aromatic rings. The van der Waals surface area contributed by atoms with Gasteiger partial charge in [0.2, 0.25) is 5.89 Å². The predicted octanol–water partition coefficient (Wildman–Crippen LogP) is 4.81. The molecule has 0 aliphatic rings. The van der Waals surface area contributed by atoms with Crippen LogP contribution in [0.2, 0.25) is 5.02 Å². The second-order valence-electron chi connectivity index (χ2n) is 5.12. The molecular weight excluding hydrogens is 312 g/mol. The monoisotopic (exact) mass is 326 g/mol. The summed E-state index contributed by atoms with van der Waals surface area (Å²) in [6.07, 6.45) is 1.68. The molecule has 0 aliphatic carbocycles. The van der Waals surface area contributed by atoms with Crippen molar-refractivity contribution >= 4 is 23.1 Å². The minimum atomic E-state index is 0.0513. The zero-order chi connectivity index (χ0) is 16.2. The molecule has 0 bridgehead atoms. The van der Waals surface area contributed by atoms with Crippen molar-refractivity contribution in [2.45, 2.75) is 13.5 Å². The fraction of sp³-hybridized carbons (Fsp3) is 0.111. The highest BCUT2D eigenvalue weighted by molar-refractivity contribution is 6.30. The molecule has 0 radical (unpaired) electrons. The molecule has 0 spiro atoms. The van der Waals surface area contributed by atoms with Crippen molar-refractivity contribution in [1.29, 1.82) is 0 Å². The SMILES string of the molecule is CC(=O)c1ccc(NCc2ncc(-c3cccc(Cl)c3)o2)cc1. The van der Waals surface area contributed by atoms with Crippen molar-refractivity contribution in [3.63, 3.8) is 0 Å². The van der Waals surface area contributed by atoms with Gasteiger partial charge in [0, 0.05) is 21.8 Å². The Hall–Kier alpha value is -2.59. The molecule has 0 amide bonds. The standard InChI is InChI=1S/C18H15ClN2O2/c1-12(22)13-5-7-16(8-6-13)20-11-18-21-10-17(23-18)14-3-2-4-15(19)9-14/h2-10,20H,11H2,1H3. The number of nitrogens with one attached hydrogen (secondary N) is 1. The van der Waals surface area contributed by atoms with E-state index >= 15 is 0 Å². The van der Waals surface area contributed by atoms with E-state index in [4.69, 9.17) is 16.0 Å². The molecule has 23 heavy (non-hydrogen) atoms. The summed E-state index contributed by atoms with van der Waals surface area (Å²) >= 11 is 5.98. The van der Waals surface area contributed by atoms with Gasteiger partial charge in [-0.15, -0.1) is 0 Å². The van der Waals surface area contributed by atoms with Crippen molar-refractivity contribution in [1.82, 2.24) is 4.98 Å². The summed E-state index contributed by atoms with van der Waals surface area (Å²) in [5.74, 6) is 1.31. The third-order valence-corrected chi connectivity index (χ3v) is 3.63. The molecule has 0 saturated heterocycles. The Kier molecular flexibility index (Phi) is 4.44. The number of benzene rings is 2. The molecule has 0 fully saturated rings. The number of hydrogen-bond donors (Lipinski definition) is 1. The summed E-state index contributed by atoms with van der Waals surface area (Å²) < 4.78 is 5.72. The minimum absolute atomic E-state index is 0.0513. The van der Waals surface area contributed by atoms with Crippen LogP contribution in [0.15, 0.2) is 59.1 Å². The molecule has 1 N–H and O–H groups in total. The Balaban J connectivity index is 1.66. The average molecular weight is 327 g/mol. The van der Waals surface area contributed by atoms with Gasteiger partial charge in [-0.05, 0) is 43.3 Å². The number of halogens is 1.